The molecule has 4 rings (SSSR count). The molecule has 2 aromatic rings. The van der Waals surface area contributed by atoms with Gasteiger partial charge in [-0.3, -0.25) is 14.6 Å². The van der Waals surface area contributed by atoms with E-state index in [9.17, 15) is 9.59 Å². The van der Waals surface area contributed by atoms with Gasteiger partial charge in [-0.15, -0.1) is 0 Å². The Hall–Kier alpha value is -3.13. The molecule has 31 heavy (non-hydrogen) atoms. The SMILES string of the molecule is COc1cccc(CC(=O)N2CC(Oc3cccnc3)CC2C(=O)N2CCOCC2)c1. The fourth-order valence-corrected chi connectivity index (χ4v) is 4.05. The Morgan fingerprint density at radius 1 is 1.16 bits per heavy atom. The van der Waals surface area contributed by atoms with E-state index < -0.39 is 6.04 Å². The minimum Gasteiger partial charge on any atom is -0.497 e. The monoisotopic (exact) mass is 425 g/mol. The number of pyridine rings is 1. The summed E-state index contributed by atoms with van der Waals surface area (Å²) in [6.45, 7) is 2.48. The molecule has 0 bridgehead atoms. The van der Waals surface area contributed by atoms with Crippen molar-refractivity contribution >= 4 is 11.8 Å². The molecule has 0 aliphatic carbocycles. The number of hydrogen-bond acceptors (Lipinski definition) is 6. The lowest BCUT2D eigenvalue weighted by Crippen LogP contribution is -2.51. The van der Waals surface area contributed by atoms with Crippen LogP contribution < -0.4 is 9.47 Å². The number of amides is 2. The molecule has 0 radical (unpaired) electrons. The number of hydrogen-bond donors (Lipinski definition) is 0. The minimum atomic E-state index is -0.544. The van der Waals surface area contributed by atoms with E-state index >= 15 is 0 Å². The highest BCUT2D eigenvalue weighted by Gasteiger charge is 2.42. The van der Waals surface area contributed by atoms with Gasteiger partial charge in [-0.05, 0) is 29.8 Å². The average molecular weight is 425 g/mol. The largest absolute Gasteiger partial charge is 0.497 e. The molecular formula is C23H27N3O5. The second-order valence-electron chi connectivity index (χ2n) is 7.69. The second-order valence-corrected chi connectivity index (χ2v) is 7.69. The lowest BCUT2D eigenvalue weighted by atomic mass is 10.1. The normalized spacial score (nSPS) is 21.1. The molecule has 2 atom stereocenters. The van der Waals surface area contributed by atoms with E-state index in [0.29, 0.717) is 50.8 Å². The van der Waals surface area contributed by atoms with Crippen LogP contribution in [0, 0.1) is 0 Å². The van der Waals surface area contributed by atoms with Crippen LogP contribution >= 0.6 is 0 Å². The predicted octanol–water partition coefficient (Wildman–Crippen LogP) is 1.54. The highest BCUT2D eigenvalue weighted by atomic mass is 16.5. The Bertz CT molecular complexity index is 901. The molecule has 2 fully saturated rings. The van der Waals surface area contributed by atoms with E-state index in [1.807, 2.05) is 30.3 Å². The van der Waals surface area contributed by atoms with Gasteiger partial charge in [0.05, 0.1) is 39.5 Å². The van der Waals surface area contributed by atoms with Crippen LogP contribution in [0.3, 0.4) is 0 Å². The molecule has 0 saturated carbocycles. The summed E-state index contributed by atoms with van der Waals surface area (Å²) in [6, 6.07) is 10.5. The first kappa shape index (κ1) is 21.1. The van der Waals surface area contributed by atoms with Crippen LogP contribution in [0.5, 0.6) is 11.5 Å². The maximum Gasteiger partial charge on any atom is 0.245 e. The van der Waals surface area contributed by atoms with Gasteiger partial charge in [-0.25, -0.2) is 0 Å². The minimum absolute atomic E-state index is 0.0421. The zero-order chi connectivity index (χ0) is 21.6. The zero-order valence-electron chi connectivity index (χ0n) is 17.6. The summed E-state index contributed by atoms with van der Waals surface area (Å²) in [7, 11) is 1.60. The Balaban J connectivity index is 1.50. The van der Waals surface area contributed by atoms with Crippen molar-refractivity contribution in [3.05, 3.63) is 54.4 Å². The van der Waals surface area contributed by atoms with Gasteiger partial charge in [0.2, 0.25) is 11.8 Å². The highest BCUT2D eigenvalue weighted by molar-refractivity contribution is 5.89. The quantitative estimate of drug-likeness (QED) is 0.699. The Morgan fingerprint density at radius 3 is 2.71 bits per heavy atom. The topological polar surface area (TPSA) is 81.2 Å². The Labute approximate surface area is 181 Å². The summed E-state index contributed by atoms with van der Waals surface area (Å²) in [5.41, 5.74) is 0.846. The lowest BCUT2D eigenvalue weighted by Gasteiger charge is -2.32. The van der Waals surface area contributed by atoms with Crippen LogP contribution in [0.25, 0.3) is 0 Å². The number of methoxy groups -OCH3 is 1. The van der Waals surface area contributed by atoms with Crippen molar-refractivity contribution in [2.75, 3.05) is 40.0 Å². The van der Waals surface area contributed by atoms with E-state index in [2.05, 4.69) is 4.98 Å². The third kappa shape index (κ3) is 5.14. The molecule has 1 aromatic carbocycles. The zero-order valence-corrected chi connectivity index (χ0v) is 17.6. The maximum atomic E-state index is 13.3. The molecule has 8 heteroatoms. The van der Waals surface area contributed by atoms with Crippen molar-refractivity contribution < 1.29 is 23.8 Å². The summed E-state index contributed by atoms with van der Waals surface area (Å²) in [4.78, 5) is 34.0. The van der Waals surface area contributed by atoms with Gasteiger partial charge in [0.25, 0.3) is 0 Å². The number of likely N-dealkylation sites (tertiary alicyclic amines) is 1. The van der Waals surface area contributed by atoms with Gasteiger partial charge in [0.1, 0.15) is 23.6 Å². The van der Waals surface area contributed by atoms with Gasteiger partial charge < -0.3 is 24.0 Å². The number of nitrogens with zero attached hydrogens (tertiary/aromatic N) is 3. The van der Waals surface area contributed by atoms with Crippen molar-refractivity contribution in [3.8, 4) is 11.5 Å². The molecule has 164 valence electrons. The van der Waals surface area contributed by atoms with Gasteiger partial charge in [-0.2, -0.15) is 0 Å². The average Bonchev–Trinajstić information content (AvgIpc) is 3.24. The van der Waals surface area contributed by atoms with Crippen LogP contribution in [0.1, 0.15) is 12.0 Å². The van der Waals surface area contributed by atoms with Gasteiger partial charge in [-0.1, -0.05) is 12.1 Å². The first-order valence-electron chi connectivity index (χ1n) is 10.5. The maximum absolute atomic E-state index is 13.3. The number of benzene rings is 1. The van der Waals surface area contributed by atoms with E-state index in [4.69, 9.17) is 14.2 Å². The van der Waals surface area contributed by atoms with Gasteiger partial charge in [0.15, 0.2) is 0 Å². The Morgan fingerprint density at radius 2 is 1.97 bits per heavy atom. The molecule has 0 N–H and O–H groups in total. The number of carbonyl (C=O) groups excluding carboxylic acids is 2. The lowest BCUT2D eigenvalue weighted by molar-refractivity contribution is -0.146. The number of aromatic nitrogens is 1. The van der Waals surface area contributed by atoms with Crippen LogP contribution in [-0.2, 0) is 20.7 Å². The summed E-state index contributed by atoms with van der Waals surface area (Å²) in [6.07, 6.45) is 3.70. The van der Waals surface area contributed by atoms with E-state index in [1.54, 1.807) is 35.4 Å². The molecular weight excluding hydrogens is 398 g/mol. The van der Waals surface area contributed by atoms with Crippen molar-refractivity contribution in [3.63, 3.8) is 0 Å². The van der Waals surface area contributed by atoms with Crippen LogP contribution in [0.15, 0.2) is 48.8 Å². The first-order valence-corrected chi connectivity index (χ1v) is 10.5. The van der Waals surface area contributed by atoms with Crippen molar-refractivity contribution in [1.29, 1.82) is 0 Å². The van der Waals surface area contributed by atoms with Crippen molar-refractivity contribution in [2.45, 2.75) is 25.0 Å². The number of rotatable bonds is 6. The van der Waals surface area contributed by atoms with Gasteiger partial charge in [0, 0.05) is 25.7 Å². The number of ether oxygens (including phenoxy) is 3. The van der Waals surface area contributed by atoms with Crippen LogP contribution in [0.2, 0.25) is 0 Å². The van der Waals surface area contributed by atoms with Crippen LogP contribution in [0.4, 0.5) is 0 Å². The molecule has 2 unspecified atom stereocenters. The molecule has 2 amide bonds. The first-order chi connectivity index (χ1) is 15.1. The molecule has 1 aromatic heterocycles. The van der Waals surface area contributed by atoms with E-state index in [0.717, 1.165) is 5.56 Å². The summed E-state index contributed by atoms with van der Waals surface area (Å²) < 4.78 is 16.7. The molecule has 2 aliphatic rings. The molecule has 8 nitrogen and oxygen atoms in total. The van der Waals surface area contributed by atoms with Gasteiger partial charge >= 0.3 is 0 Å². The molecule has 2 saturated heterocycles. The fraction of sp³-hybridized carbons (Fsp3) is 0.435. The third-order valence-electron chi connectivity index (χ3n) is 5.62. The van der Waals surface area contributed by atoms with E-state index in [1.165, 1.54) is 0 Å². The van der Waals surface area contributed by atoms with Crippen molar-refractivity contribution in [1.82, 2.24) is 14.8 Å². The van der Waals surface area contributed by atoms with E-state index in [-0.39, 0.29) is 24.3 Å². The molecule has 2 aliphatic heterocycles. The third-order valence-corrected chi connectivity index (χ3v) is 5.62. The smallest absolute Gasteiger partial charge is 0.245 e. The standard InChI is InChI=1S/C23H27N3O5/c1-29-18-5-2-4-17(12-18)13-22(27)26-16-20(31-19-6-3-7-24-15-19)14-21(26)23(28)25-8-10-30-11-9-25/h2-7,12,15,20-21H,8-11,13-14,16H2,1H3. The fourth-order valence-electron chi connectivity index (χ4n) is 4.05. The number of carbonyl (C=O) groups is 2. The predicted molar refractivity (Wildman–Crippen MR) is 113 cm³/mol. The molecule has 0 spiro atoms. The highest BCUT2D eigenvalue weighted by Crippen LogP contribution is 2.26. The van der Waals surface area contributed by atoms with Crippen LogP contribution in [-0.4, -0.2) is 78.7 Å². The van der Waals surface area contributed by atoms with Crippen molar-refractivity contribution in [2.24, 2.45) is 0 Å². The summed E-state index contributed by atoms with van der Waals surface area (Å²) >= 11 is 0. The summed E-state index contributed by atoms with van der Waals surface area (Å²) in [5.74, 6) is 1.19. The molecule has 3 heterocycles. The number of morpholine rings is 1. The second kappa shape index (κ2) is 9.78. The summed E-state index contributed by atoms with van der Waals surface area (Å²) in [5, 5.41) is 0. The Kier molecular flexibility index (Phi) is 6.66.